The van der Waals surface area contributed by atoms with Crippen molar-refractivity contribution in [1.82, 2.24) is 15.6 Å². The number of aromatic hydroxyl groups is 1. The molecule has 0 spiro atoms. The minimum Gasteiger partial charge on any atom is -0.505 e. The molecule has 7 heteroatoms. The highest BCUT2D eigenvalue weighted by Gasteiger charge is 2.50. The number of pyridine rings is 1. The van der Waals surface area contributed by atoms with Crippen molar-refractivity contribution >= 4 is 11.8 Å². The van der Waals surface area contributed by atoms with Crippen molar-refractivity contribution in [1.29, 1.82) is 0 Å². The molecule has 0 bridgehead atoms. The van der Waals surface area contributed by atoms with Crippen LogP contribution in [0.2, 0.25) is 0 Å². The van der Waals surface area contributed by atoms with Crippen LogP contribution < -0.4 is 10.6 Å². The molecule has 1 aromatic carbocycles. The number of aromatic nitrogens is 1. The molecule has 1 saturated carbocycles. The van der Waals surface area contributed by atoms with Crippen LogP contribution in [-0.4, -0.2) is 35.0 Å². The van der Waals surface area contributed by atoms with Crippen LogP contribution in [0.1, 0.15) is 28.9 Å². The van der Waals surface area contributed by atoms with Crippen LogP contribution in [0, 0.1) is 5.82 Å². The van der Waals surface area contributed by atoms with Crippen molar-refractivity contribution in [3.63, 3.8) is 0 Å². The summed E-state index contributed by atoms with van der Waals surface area (Å²) in [5.74, 6) is -1.17. The number of amides is 2. The minimum atomic E-state index is -0.586. The Labute approximate surface area is 144 Å². The maximum absolute atomic E-state index is 13.0. The van der Waals surface area contributed by atoms with Crippen molar-refractivity contribution in [3.8, 4) is 5.75 Å². The Morgan fingerprint density at radius 2 is 1.80 bits per heavy atom. The maximum atomic E-state index is 13.0. The molecule has 1 aromatic heterocycles. The lowest BCUT2D eigenvalue weighted by atomic mass is 9.95. The molecule has 25 heavy (non-hydrogen) atoms. The first-order valence-corrected chi connectivity index (χ1v) is 7.99. The molecule has 2 aromatic rings. The lowest BCUT2D eigenvalue weighted by Crippen LogP contribution is -2.40. The number of benzene rings is 1. The third kappa shape index (κ3) is 3.60. The van der Waals surface area contributed by atoms with E-state index >= 15 is 0 Å². The van der Waals surface area contributed by atoms with Gasteiger partial charge in [-0.2, -0.15) is 0 Å². The number of hydrogen-bond acceptors (Lipinski definition) is 4. The zero-order valence-corrected chi connectivity index (χ0v) is 13.5. The fourth-order valence-electron chi connectivity index (χ4n) is 2.72. The molecule has 1 fully saturated rings. The molecule has 2 amide bonds. The number of hydrogen-bond donors (Lipinski definition) is 3. The van der Waals surface area contributed by atoms with Crippen LogP contribution in [0.5, 0.6) is 5.75 Å². The quantitative estimate of drug-likeness (QED) is 0.693. The van der Waals surface area contributed by atoms with Crippen molar-refractivity contribution in [2.24, 2.45) is 0 Å². The Bertz CT molecular complexity index is 788. The van der Waals surface area contributed by atoms with Gasteiger partial charge in [0, 0.05) is 19.3 Å². The van der Waals surface area contributed by atoms with E-state index in [0.717, 1.165) is 18.4 Å². The molecule has 1 aliphatic carbocycles. The molecule has 6 nitrogen and oxygen atoms in total. The van der Waals surface area contributed by atoms with Gasteiger partial charge in [-0.05, 0) is 42.7 Å². The summed E-state index contributed by atoms with van der Waals surface area (Å²) < 4.78 is 13.0. The molecule has 0 unspecified atom stereocenters. The summed E-state index contributed by atoms with van der Waals surface area (Å²) in [5.41, 5.74) is 0.157. The standard InChI is InChI=1S/C18H18FN3O3/c19-13-5-3-12(4-6-13)18(7-8-18)17(25)22-11-10-21-16(24)15-14(23)2-1-9-20-15/h1-6,9,23H,7-8,10-11H2,(H,21,24)(H,22,25). The number of nitrogens with zero attached hydrogens (tertiary/aromatic N) is 1. The second-order valence-electron chi connectivity index (χ2n) is 5.97. The van der Waals surface area contributed by atoms with Crippen molar-refractivity contribution < 1.29 is 19.1 Å². The first-order chi connectivity index (χ1) is 12.0. The van der Waals surface area contributed by atoms with Gasteiger partial charge in [-0.15, -0.1) is 0 Å². The first kappa shape index (κ1) is 16.9. The van der Waals surface area contributed by atoms with Crippen LogP contribution in [0.3, 0.4) is 0 Å². The minimum absolute atomic E-state index is 0.0567. The van der Waals surface area contributed by atoms with E-state index in [4.69, 9.17) is 0 Å². The summed E-state index contributed by atoms with van der Waals surface area (Å²) in [6.07, 6.45) is 2.85. The Balaban J connectivity index is 1.49. The van der Waals surface area contributed by atoms with E-state index in [2.05, 4.69) is 15.6 Å². The Hall–Kier alpha value is -2.96. The van der Waals surface area contributed by atoms with Gasteiger partial charge in [0.25, 0.3) is 5.91 Å². The van der Waals surface area contributed by atoms with Crippen LogP contribution in [0.25, 0.3) is 0 Å². The zero-order chi connectivity index (χ0) is 17.9. The Morgan fingerprint density at radius 3 is 2.44 bits per heavy atom. The lowest BCUT2D eigenvalue weighted by molar-refractivity contribution is -0.123. The highest BCUT2D eigenvalue weighted by molar-refractivity contribution is 5.95. The Morgan fingerprint density at radius 1 is 1.12 bits per heavy atom. The molecule has 1 aliphatic rings. The Kier molecular flexibility index (Phi) is 4.65. The van der Waals surface area contributed by atoms with E-state index in [1.54, 1.807) is 12.1 Å². The van der Waals surface area contributed by atoms with Gasteiger partial charge in [-0.25, -0.2) is 9.37 Å². The predicted octanol–water partition coefficient (Wildman–Crippen LogP) is 1.50. The van der Waals surface area contributed by atoms with Gasteiger partial charge in [0.2, 0.25) is 5.91 Å². The molecule has 0 atom stereocenters. The van der Waals surface area contributed by atoms with Crippen LogP contribution >= 0.6 is 0 Å². The fraction of sp³-hybridized carbons (Fsp3) is 0.278. The van der Waals surface area contributed by atoms with Gasteiger partial charge < -0.3 is 15.7 Å². The second kappa shape index (κ2) is 6.88. The van der Waals surface area contributed by atoms with Crippen molar-refractivity contribution in [2.75, 3.05) is 13.1 Å². The summed E-state index contributed by atoms with van der Waals surface area (Å²) in [4.78, 5) is 28.1. The van der Waals surface area contributed by atoms with Gasteiger partial charge in [0.15, 0.2) is 5.69 Å². The van der Waals surface area contributed by atoms with E-state index in [1.807, 2.05) is 0 Å². The molecule has 0 radical (unpaired) electrons. The first-order valence-electron chi connectivity index (χ1n) is 7.99. The van der Waals surface area contributed by atoms with Gasteiger partial charge in [-0.3, -0.25) is 9.59 Å². The average Bonchev–Trinajstić information content (AvgIpc) is 3.41. The summed E-state index contributed by atoms with van der Waals surface area (Å²) in [6.45, 7) is 0.460. The number of nitrogens with one attached hydrogen (secondary N) is 2. The van der Waals surface area contributed by atoms with E-state index < -0.39 is 11.3 Å². The third-order valence-corrected chi connectivity index (χ3v) is 4.28. The zero-order valence-electron chi connectivity index (χ0n) is 13.5. The smallest absolute Gasteiger partial charge is 0.273 e. The highest BCUT2D eigenvalue weighted by atomic mass is 19.1. The van der Waals surface area contributed by atoms with Gasteiger partial charge in [-0.1, -0.05) is 12.1 Å². The molecule has 1 heterocycles. The topological polar surface area (TPSA) is 91.3 Å². The molecule has 130 valence electrons. The van der Waals surface area contributed by atoms with Gasteiger partial charge >= 0.3 is 0 Å². The van der Waals surface area contributed by atoms with Crippen LogP contribution in [0.4, 0.5) is 4.39 Å². The number of carbonyl (C=O) groups excluding carboxylic acids is 2. The maximum Gasteiger partial charge on any atom is 0.273 e. The van der Waals surface area contributed by atoms with E-state index in [-0.39, 0.29) is 36.3 Å². The average molecular weight is 343 g/mol. The number of carbonyl (C=O) groups is 2. The van der Waals surface area contributed by atoms with Crippen LogP contribution in [0.15, 0.2) is 42.6 Å². The van der Waals surface area contributed by atoms with Crippen molar-refractivity contribution in [2.45, 2.75) is 18.3 Å². The molecule has 3 rings (SSSR count). The number of rotatable bonds is 6. The molecule has 0 aliphatic heterocycles. The van der Waals surface area contributed by atoms with Gasteiger partial charge in [0.1, 0.15) is 11.6 Å². The SMILES string of the molecule is O=C(NCCNC(=O)C1(c2ccc(F)cc2)CC1)c1ncccc1O. The van der Waals surface area contributed by atoms with E-state index in [0.29, 0.717) is 0 Å². The summed E-state index contributed by atoms with van der Waals surface area (Å²) >= 11 is 0. The normalized spacial score (nSPS) is 14.6. The fourth-order valence-corrected chi connectivity index (χ4v) is 2.72. The van der Waals surface area contributed by atoms with Gasteiger partial charge in [0.05, 0.1) is 5.41 Å². The summed E-state index contributed by atoms with van der Waals surface area (Å²) in [7, 11) is 0. The van der Waals surface area contributed by atoms with E-state index in [9.17, 15) is 19.1 Å². The monoisotopic (exact) mass is 343 g/mol. The summed E-state index contributed by atoms with van der Waals surface area (Å²) in [5, 5.41) is 14.9. The second-order valence-corrected chi connectivity index (χ2v) is 5.97. The summed E-state index contributed by atoms with van der Waals surface area (Å²) in [6, 6.07) is 8.87. The molecular weight excluding hydrogens is 325 g/mol. The molecule has 0 saturated heterocycles. The number of halogens is 1. The largest absolute Gasteiger partial charge is 0.505 e. The highest BCUT2D eigenvalue weighted by Crippen LogP contribution is 2.48. The molecular formula is C18H18FN3O3. The lowest BCUT2D eigenvalue weighted by Gasteiger charge is -2.16. The third-order valence-electron chi connectivity index (χ3n) is 4.28. The van der Waals surface area contributed by atoms with Crippen LogP contribution in [-0.2, 0) is 10.2 Å². The van der Waals surface area contributed by atoms with Crippen molar-refractivity contribution in [3.05, 3.63) is 59.7 Å². The predicted molar refractivity (Wildman–Crippen MR) is 88.6 cm³/mol. The molecule has 3 N–H and O–H groups in total. The van der Waals surface area contributed by atoms with E-state index in [1.165, 1.54) is 30.5 Å².